The summed E-state index contributed by atoms with van der Waals surface area (Å²) < 4.78 is 5.83. The number of aromatic nitrogens is 1. The number of rotatable bonds is 5. The number of carboxylic acids is 1. The summed E-state index contributed by atoms with van der Waals surface area (Å²) in [5, 5.41) is 9.07. The number of carboxylic acid groups (broad SMARTS) is 1. The molecule has 23 heavy (non-hydrogen) atoms. The molecule has 0 bridgehead atoms. The molecule has 1 aromatic carbocycles. The number of hydrogen-bond donors (Lipinski definition) is 1. The van der Waals surface area contributed by atoms with E-state index in [9.17, 15) is 4.79 Å². The molecule has 0 amide bonds. The Hall–Kier alpha value is -2.40. The van der Waals surface area contributed by atoms with Gasteiger partial charge in [0, 0.05) is 19.3 Å². The molecule has 5 nitrogen and oxygen atoms in total. The minimum absolute atomic E-state index is 0.232. The summed E-state index contributed by atoms with van der Waals surface area (Å²) in [6, 6.07) is 9.80. The van der Waals surface area contributed by atoms with Gasteiger partial charge in [-0.05, 0) is 49.2 Å². The molecule has 2 heterocycles. The number of aliphatic carboxylic acids is 1. The number of aryl methyl sites for hydroxylation is 1. The summed E-state index contributed by atoms with van der Waals surface area (Å²) in [6.45, 7) is 4.25. The van der Waals surface area contributed by atoms with E-state index in [1.165, 1.54) is 5.56 Å². The molecule has 1 fully saturated rings. The Bertz CT molecular complexity index is 688. The number of ether oxygens (including phenoxy) is 1. The maximum absolute atomic E-state index is 11.0. The van der Waals surface area contributed by atoms with E-state index >= 15 is 0 Å². The van der Waals surface area contributed by atoms with Crippen LogP contribution in [-0.4, -0.2) is 34.0 Å². The van der Waals surface area contributed by atoms with Crippen molar-refractivity contribution in [3.8, 4) is 11.5 Å². The fourth-order valence-electron chi connectivity index (χ4n) is 2.89. The molecule has 1 N–H and O–H groups in total. The predicted molar refractivity (Wildman–Crippen MR) is 86.5 cm³/mol. The van der Waals surface area contributed by atoms with Crippen molar-refractivity contribution in [1.29, 1.82) is 0 Å². The molecule has 2 aromatic rings. The van der Waals surface area contributed by atoms with E-state index in [0.29, 0.717) is 12.3 Å². The average Bonchev–Trinajstić information content (AvgIpc) is 3.00. The lowest BCUT2D eigenvalue weighted by Gasteiger charge is -2.16. The Morgan fingerprint density at radius 1 is 1.43 bits per heavy atom. The number of nitrogens with zero attached hydrogens (tertiary/aromatic N) is 2. The van der Waals surface area contributed by atoms with Crippen molar-refractivity contribution in [3.05, 3.63) is 53.9 Å². The molecular weight excluding hydrogens is 292 g/mol. The number of pyridine rings is 1. The fraction of sp³-hybridized carbons (Fsp3) is 0.333. The van der Waals surface area contributed by atoms with Crippen molar-refractivity contribution in [1.82, 2.24) is 9.88 Å². The summed E-state index contributed by atoms with van der Waals surface area (Å²) in [5.74, 6) is 0.604. The predicted octanol–water partition coefficient (Wildman–Crippen LogP) is 3.09. The summed E-state index contributed by atoms with van der Waals surface area (Å²) in [7, 11) is 0. The smallest absolute Gasteiger partial charge is 0.307 e. The first-order valence-electron chi connectivity index (χ1n) is 7.74. The maximum atomic E-state index is 11.0. The SMILES string of the molecule is Cc1cc(CN2CCC(C(=O)O)C2)ccc1Oc1cccnc1. The number of likely N-dealkylation sites (tertiary alicyclic amines) is 1. The Labute approximate surface area is 135 Å². The van der Waals surface area contributed by atoms with Gasteiger partial charge in [0.1, 0.15) is 11.5 Å². The highest BCUT2D eigenvalue weighted by Gasteiger charge is 2.27. The zero-order valence-corrected chi connectivity index (χ0v) is 13.1. The van der Waals surface area contributed by atoms with Gasteiger partial charge in [-0.3, -0.25) is 14.7 Å². The zero-order valence-electron chi connectivity index (χ0n) is 13.1. The Morgan fingerprint density at radius 3 is 2.96 bits per heavy atom. The monoisotopic (exact) mass is 312 g/mol. The second kappa shape index (κ2) is 6.79. The van der Waals surface area contributed by atoms with E-state index in [4.69, 9.17) is 9.84 Å². The van der Waals surface area contributed by atoms with E-state index in [1.54, 1.807) is 12.4 Å². The van der Waals surface area contributed by atoms with Gasteiger partial charge in [-0.2, -0.15) is 0 Å². The third kappa shape index (κ3) is 3.87. The molecule has 0 saturated carbocycles. The van der Waals surface area contributed by atoms with Gasteiger partial charge in [-0.25, -0.2) is 0 Å². The van der Waals surface area contributed by atoms with Gasteiger partial charge in [-0.15, -0.1) is 0 Å². The van der Waals surface area contributed by atoms with Gasteiger partial charge in [0.25, 0.3) is 0 Å². The lowest BCUT2D eigenvalue weighted by atomic mass is 10.1. The van der Waals surface area contributed by atoms with Crippen molar-refractivity contribution in [2.45, 2.75) is 19.9 Å². The third-order valence-electron chi connectivity index (χ3n) is 4.13. The first-order chi connectivity index (χ1) is 11.1. The van der Waals surface area contributed by atoms with Gasteiger partial charge in [0.15, 0.2) is 0 Å². The quantitative estimate of drug-likeness (QED) is 0.919. The molecule has 1 unspecified atom stereocenters. The lowest BCUT2D eigenvalue weighted by molar-refractivity contribution is -0.141. The van der Waals surface area contributed by atoms with E-state index in [-0.39, 0.29) is 5.92 Å². The van der Waals surface area contributed by atoms with Crippen LogP contribution < -0.4 is 4.74 Å². The van der Waals surface area contributed by atoms with Crippen molar-refractivity contribution in [2.75, 3.05) is 13.1 Å². The van der Waals surface area contributed by atoms with Crippen molar-refractivity contribution < 1.29 is 14.6 Å². The van der Waals surface area contributed by atoms with Crippen LogP contribution in [-0.2, 0) is 11.3 Å². The Morgan fingerprint density at radius 2 is 2.30 bits per heavy atom. The van der Waals surface area contributed by atoms with E-state index < -0.39 is 5.97 Å². The van der Waals surface area contributed by atoms with Crippen LogP contribution >= 0.6 is 0 Å². The summed E-state index contributed by atoms with van der Waals surface area (Å²) >= 11 is 0. The minimum atomic E-state index is -0.691. The van der Waals surface area contributed by atoms with E-state index in [0.717, 1.165) is 30.8 Å². The van der Waals surface area contributed by atoms with Crippen LogP contribution in [0.4, 0.5) is 0 Å². The summed E-state index contributed by atoms with van der Waals surface area (Å²) in [5.41, 5.74) is 2.23. The molecule has 0 radical (unpaired) electrons. The van der Waals surface area contributed by atoms with Crippen LogP contribution in [0.3, 0.4) is 0 Å². The second-order valence-electron chi connectivity index (χ2n) is 5.95. The fourth-order valence-corrected chi connectivity index (χ4v) is 2.89. The lowest BCUT2D eigenvalue weighted by Crippen LogP contribution is -2.22. The van der Waals surface area contributed by atoms with Crippen molar-refractivity contribution >= 4 is 5.97 Å². The van der Waals surface area contributed by atoms with Gasteiger partial charge in [0.2, 0.25) is 0 Å². The summed E-state index contributed by atoms with van der Waals surface area (Å²) in [6.07, 6.45) is 4.13. The first-order valence-corrected chi connectivity index (χ1v) is 7.74. The van der Waals surface area contributed by atoms with Crippen LogP contribution in [0.5, 0.6) is 11.5 Å². The van der Waals surface area contributed by atoms with Gasteiger partial charge < -0.3 is 9.84 Å². The standard InChI is InChI=1S/C18H20N2O3/c1-13-9-14(11-20-8-6-15(12-20)18(21)22)4-5-17(13)23-16-3-2-7-19-10-16/h2-5,7,9-10,15H,6,8,11-12H2,1H3,(H,21,22). The number of hydrogen-bond acceptors (Lipinski definition) is 4. The molecule has 0 spiro atoms. The molecule has 1 aliphatic rings. The van der Waals surface area contributed by atoms with Gasteiger partial charge in [0.05, 0.1) is 12.1 Å². The molecular formula is C18H20N2O3. The van der Waals surface area contributed by atoms with Crippen LogP contribution in [0.1, 0.15) is 17.5 Å². The molecule has 1 aliphatic heterocycles. The molecule has 120 valence electrons. The highest BCUT2D eigenvalue weighted by Crippen LogP contribution is 2.26. The summed E-state index contributed by atoms with van der Waals surface area (Å²) in [4.78, 5) is 17.3. The topological polar surface area (TPSA) is 62.7 Å². The normalized spacial score (nSPS) is 18.0. The largest absolute Gasteiger partial charge is 0.481 e. The average molecular weight is 312 g/mol. The molecule has 1 aromatic heterocycles. The van der Waals surface area contributed by atoms with E-state index in [2.05, 4.69) is 16.0 Å². The molecule has 3 rings (SSSR count). The van der Waals surface area contributed by atoms with Crippen LogP contribution in [0.25, 0.3) is 0 Å². The highest BCUT2D eigenvalue weighted by molar-refractivity contribution is 5.70. The zero-order chi connectivity index (χ0) is 16.2. The van der Waals surface area contributed by atoms with Crippen molar-refractivity contribution in [2.24, 2.45) is 5.92 Å². The molecule has 0 aliphatic carbocycles. The van der Waals surface area contributed by atoms with Crippen LogP contribution in [0, 0.1) is 12.8 Å². The Balaban J connectivity index is 1.64. The van der Waals surface area contributed by atoms with E-state index in [1.807, 2.05) is 31.2 Å². The van der Waals surface area contributed by atoms with Gasteiger partial charge in [-0.1, -0.05) is 12.1 Å². The molecule has 1 atom stereocenters. The third-order valence-corrected chi connectivity index (χ3v) is 4.13. The second-order valence-corrected chi connectivity index (χ2v) is 5.95. The Kier molecular flexibility index (Phi) is 4.57. The van der Waals surface area contributed by atoms with Crippen LogP contribution in [0.15, 0.2) is 42.7 Å². The molecule has 5 heteroatoms. The minimum Gasteiger partial charge on any atom is -0.481 e. The maximum Gasteiger partial charge on any atom is 0.307 e. The highest BCUT2D eigenvalue weighted by atomic mass is 16.5. The molecule has 1 saturated heterocycles. The van der Waals surface area contributed by atoms with Crippen molar-refractivity contribution in [3.63, 3.8) is 0 Å². The van der Waals surface area contributed by atoms with Crippen LogP contribution in [0.2, 0.25) is 0 Å². The number of benzene rings is 1. The first kappa shape index (κ1) is 15.5. The van der Waals surface area contributed by atoms with Gasteiger partial charge >= 0.3 is 5.97 Å². The number of carbonyl (C=O) groups is 1.